The average Bonchev–Trinajstić information content (AvgIpc) is 2.81. The predicted octanol–water partition coefficient (Wildman–Crippen LogP) is 3.55. The maximum Gasteiger partial charge on any atom is 0.262 e. The van der Waals surface area contributed by atoms with Gasteiger partial charge in [0.1, 0.15) is 5.52 Å². The van der Waals surface area contributed by atoms with Gasteiger partial charge in [-0.2, -0.15) is 0 Å². The van der Waals surface area contributed by atoms with Crippen molar-refractivity contribution >= 4 is 26.8 Å². The van der Waals surface area contributed by atoms with E-state index in [2.05, 4.69) is 9.71 Å². The van der Waals surface area contributed by atoms with Crippen LogP contribution in [0.3, 0.4) is 0 Å². The smallest absolute Gasteiger partial charge is 0.262 e. The summed E-state index contributed by atoms with van der Waals surface area (Å²) in [5.74, 6) is 0.506. The van der Waals surface area contributed by atoms with E-state index in [1.165, 1.54) is 12.1 Å². The van der Waals surface area contributed by atoms with E-state index < -0.39 is 10.0 Å². The normalized spacial score (nSPS) is 11.8. The van der Waals surface area contributed by atoms with Crippen molar-refractivity contribution in [2.75, 3.05) is 4.72 Å². The molecule has 0 radical (unpaired) electrons. The summed E-state index contributed by atoms with van der Waals surface area (Å²) in [6.07, 6.45) is 0. The molecule has 0 amide bonds. The summed E-state index contributed by atoms with van der Waals surface area (Å²) in [7, 11) is -3.66. The van der Waals surface area contributed by atoms with Crippen molar-refractivity contribution in [2.24, 2.45) is 0 Å². The van der Waals surface area contributed by atoms with E-state index in [4.69, 9.17) is 4.42 Å². The van der Waals surface area contributed by atoms with Gasteiger partial charge in [-0.1, -0.05) is 6.07 Å². The van der Waals surface area contributed by atoms with E-state index in [9.17, 15) is 8.42 Å². The molecule has 0 atom stereocenters. The fourth-order valence-corrected chi connectivity index (χ4v) is 3.27. The molecule has 0 aliphatic rings. The fourth-order valence-electron chi connectivity index (χ4n) is 2.21. The number of hydrogen-bond acceptors (Lipinski definition) is 4. The molecule has 1 aromatic heterocycles. The molecule has 3 aromatic rings. The number of benzene rings is 2. The summed E-state index contributed by atoms with van der Waals surface area (Å²) < 4.78 is 32.9. The molecule has 22 heavy (non-hydrogen) atoms. The molecule has 1 heterocycles. The first-order valence-corrected chi connectivity index (χ1v) is 8.31. The van der Waals surface area contributed by atoms with Crippen LogP contribution < -0.4 is 4.72 Å². The Morgan fingerprint density at radius 2 is 1.77 bits per heavy atom. The van der Waals surface area contributed by atoms with Gasteiger partial charge in [-0.15, -0.1) is 0 Å². The number of rotatable bonds is 3. The quantitative estimate of drug-likeness (QED) is 0.802. The number of aryl methyl sites for hydroxylation is 3. The summed E-state index contributed by atoms with van der Waals surface area (Å²) in [6, 6.07) is 10.1. The zero-order valence-corrected chi connectivity index (χ0v) is 13.4. The van der Waals surface area contributed by atoms with Gasteiger partial charge < -0.3 is 4.42 Å². The fraction of sp³-hybridized carbons (Fsp3) is 0.188. The zero-order valence-electron chi connectivity index (χ0n) is 12.5. The first kappa shape index (κ1) is 14.6. The minimum atomic E-state index is -3.66. The van der Waals surface area contributed by atoms with Crippen molar-refractivity contribution in [2.45, 2.75) is 25.7 Å². The van der Waals surface area contributed by atoms with Crippen LogP contribution in [-0.4, -0.2) is 13.4 Å². The van der Waals surface area contributed by atoms with Crippen molar-refractivity contribution in [3.63, 3.8) is 0 Å². The molecule has 0 aliphatic carbocycles. The molecule has 0 aliphatic heterocycles. The molecule has 5 nitrogen and oxygen atoms in total. The Bertz CT molecular complexity index is 959. The maximum atomic E-state index is 12.5. The summed E-state index contributed by atoms with van der Waals surface area (Å²) in [5.41, 5.74) is 3.78. The van der Waals surface area contributed by atoms with Crippen LogP contribution >= 0.6 is 0 Å². The minimum Gasteiger partial charge on any atom is -0.441 e. The standard InChI is InChI=1S/C16H16N2O3S/c1-10-4-5-13(8-11(10)2)18-22(19,20)14-6-7-15-16(9-14)21-12(3)17-15/h4-9,18H,1-3H3. The Morgan fingerprint density at radius 3 is 2.50 bits per heavy atom. The number of nitrogens with zero attached hydrogens (tertiary/aromatic N) is 1. The highest BCUT2D eigenvalue weighted by Gasteiger charge is 2.16. The summed E-state index contributed by atoms with van der Waals surface area (Å²) in [5, 5.41) is 0. The largest absolute Gasteiger partial charge is 0.441 e. The van der Waals surface area contributed by atoms with Crippen LogP contribution in [0.25, 0.3) is 11.1 Å². The van der Waals surface area contributed by atoms with Crippen molar-refractivity contribution in [3.8, 4) is 0 Å². The Morgan fingerprint density at radius 1 is 1.00 bits per heavy atom. The molecule has 0 bridgehead atoms. The van der Waals surface area contributed by atoms with Gasteiger partial charge in [-0.05, 0) is 49.2 Å². The second-order valence-corrected chi connectivity index (χ2v) is 6.95. The van der Waals surface area contributed by atoms with Gasteiger partial charge in [0.15, 0.2) is 11.5 Å². The number of hydrogen-bond donors (Lipinski definition) is 1. The van der Waals surface area contributed by atoms with Crippen LogP contribution in [0.15, 0.2) is 45.7 Å². The first-order chi connectivity index (χ1) is 10.3. The van der Waals surface area contributed by atoms with Crippen LogP contribution in [-0.2, 0) is 10.0 Å². The lowest BCUT2D eigenvalue weighted by molar-refractivity contribution is 0.559. The van der Waals surface area contributed by atoms with E-state index in [0.717, 1.165) is 11.1 Å². The first-order valence-electron chi connectivity index (χ1n) is 6.82. The Kier molecular flexibility index (Phi) is 3.41. The molecule has 2 aromatic carbocycles. The van der Waals surface area contributed by atoms with Gasteiger partial charge in [-0.25, -0.2) is 13.4 Å². The van der Waals surface area contributed by atoms with E-state index in [1.807, 2.05) is 26.0 Å². The predicted molar refractivity (Wildman–Crippen MR) is 85.5 cm³/mol. The lowest BCUT2D eigenvalue weighted by Gasteiger charge is -2.09. The molecule has 0 saturated heterocycles. The molecular formula is C16H16N2O3S. The average molecular weight is 316 g/mol. The number of nitrogens with one attached hydrogen (secondary N) is 1. The van der Waals surface area contributed by atoms with E-state index in [1.54, 1.807) is 19.1 Å². The summed E-state index contributed by atoms with van der Waals surface area (Å²) in [6.45, 7) is 5.64. The van der Waals surface area contributed by atoms with Gasteiger partial charge >= 0.3 is 0 Å². The third-order valence-electron chi connectivity index (χ3n) is 3.54. The van der Waals surface area contributed by atoms with Crippen molar-refractivity contribution in [3.05, 3.63) is 53.4 Å². The van der Waals surface area contributed by atoms with E-state index in [-0.39, 0.29) is 4.90 Å². The van der Waals surface area contributed by atoms with Gasteiger partial charge in [-0.3, -0.25) is 4.72 Å². The van der Waals surface area contributed by atoms with Gasteiger partial charge in [0.05, 0.1) is 4.90 Å². The SMILES string of the molecule is Cc1nc2ccc(S(=O)(=O)Nc3ccc(C)c(C)c3)cc2o1. The Hall–Kier alpha value is -2.34. The number of sulfonamides is 1. The highest BCUT2D eigenvalue weighted by Crippen LogP contribution is 2.23. The van der Waals surface area contributed by atoms with Crippen LogP contribution in [0.1, 0.15) is 17.0 Å². The van der Waals surface area contributed by atoms with E-state index >= 15 is 0 Å². The molecular weight excluding hydrogens is 300 g/mol. The van der Waals surface area contributed by atoms with Crippen LogP contribution in [0, 0.1) is 20.8 Å². The van der Waals surface area contributed by atoms with Gasteiger partial charge in [0.2, 0.25) is 0 Å². The van der Waals surface area contributed by atoms with Crippen LogP contribution in [0.2, 0.25) is 0 Å². The van der Waals surface area contributed by atoms with Crippen LogP contribution in [0.4, 0.5) is 5.69 Å². The molecule has 114 valence electrons. The second kappa shape index (κ2) is 5.14. The minimum absolute atomic E-state index is 0.148. The van der Waals surface area contributed by atoms with Crippen molar-refractivity contribution < 1.29 is 12.8 Å². The maximum absolute atomic E-state index is 12.5. The third kappa shape index (κ3) is 2.69. The lowest BCUT2D eigenvalue weighted by Crippen LogP contribution is -2.13. The molecule has 0 unspecified atom stereocenters. The molecule has 3 rings (SSSR count). The third-order valence-corrected chi connectivity index (χ3v) is 4.92. The topological polar surface area (TPSA) is 72.2 Å². The Balaban J connectivity index is 1.98. The molecule has 0 spiro atoms. The zero-order chi connectivity index (χ0) is 15.9. The molecule has 6 heteroatoms. The van der Waals surface area contributed by atoms with Crippen molar-refractivity contribution in [1.82, 2.24) is 4.98 Å². The Labute approximate surface area is 129 Å². The molecule has 0 fully saturated rings. The summed E-state index contributed by atoms with van der Waals surface area (Å²) in [4.78, 5) is 4.31. The van der Waals surface area contributed by atoms with E-state index in [0.29, 0.717) is 22.7 Å². The summed E-state index contributed by atoms with van der Waals surface area (Å²) >= 11 is 0. The number of fused-ring (bicyclic) bond motifs is 1. The van der Waals surface area contributed by atoms with Gasteiger partial charge in [0, 0.05) is 18.7 Å². The number of aromatic nitrogens is 1. The lowest BCUT2D eigenvalue weighted by atomic mass is 10.1. The highest BCUT2D eigenvalue weighted by molar-refractivity contribution is 7.92. The van der Waals surface area contributed by atoms with Crippen molar-refractivity contribution in [1.29, 1.82) is 0 Å². The van der Waals surface area contributed by atoms with Gasteiger partial charge in [0.25, 0.3) is 10.0 Å². The van der Waals surface area contributed by atoms with Crippen LogP contribution in [0.5, 0.6) is 0 Å². The second-order valence-electron chi connectivity index (χ2n) is 5.27. The number of anilines is 1. The highest BCUT2D eigenvalue weighted by atomic mass is 32.2. The monoisotopic (exact) mass is 316 g/mol. The molecule has 0 saturated carbocycles. The molecule has 1 N–H and O–H groups in total. The number of oxazole rings is 1.